The zero-order chi connectivity index (χ0) is 18.0. The molecule has 1 spiro atoms. The van der Waals surface area contributed by atoms with Gasteiger partial charge in [0.2, 0.25) is 0 Å². The molecule has 1 atom stereocenters. The quantitative estimate of drug-likeness (QED) is 0.748. The van der Waals surface area contributed by atoms with Gasteiger partial charge in [0.15, 0.2) is 0 Å². The van der Waals surface area contributed by atoms with Gasteiger partial charge in [-0.2, -0.15) is 0 Å². The summed E-state index contributed by atoms with van der Waals surface area (Å²) >= 11 is 0. The summed E-state index contributed by atoms with van der Waals surface area (Å²) in [6.07, 6.45) is 5.87. The third-order valence-electron chi connectivity index (χ3n) is 6.20. The van der Waals surface area contributed by atoms with Crippen molar-refractivity contribution in [3.63, 3.8) is 0 Å². The van der Waals surface area contributed by atoms with E-state index >= 15 is 0 Å². The lowest BCUT2D eigenvalue weighted by molar-refractivity contribution is -0.0915. The molecule has 0 unspecified atom stereocenters. The second kappa shape index (κ2) is 7.10. The van der Waals surface area contributed by atoms with E-state index in [9.17, 15) is 9.18 Å². The van der Waals surface area contributed by atoms with Crippen molar-refractivity contribution in [2.45, 2.75) is 50.5 Å². The molecule has 2 aliphatic carbocycles. The van der Waals surface area contributed by atoms with Crippen molar-refractivity contribution >= 4 is 11.8 Å². The lowest BCUT2D eigenvalue weighted by Gasteiger charge is -2.52. The number of carbonyl (C=O) groups excluding carboxylic acids is 1. The highest BCUT2D eigenvalue weighted by Gasteiger charge is 2.50. The Morgan fingerprint density at radius 2 is 1.62 bits per heavy atom. The lowest BCUT2D eigenvalue weighted by Crippen LogP contribution is -2.49. The molecule has 0 aromatic heterocycles. The lowest BCUT2D eigenvalue weighted by atomic mass is 9.56. The highest BCUT2D eigenvalue weighted by Crippen LogP contribution is 2.55. The van der Waals surface area contributed by atoms with Crippen molar-refractivity contribution in [1.82, 2.24) is 0 Å². The van der Waals surface area contributed by atoms with Gasteiger partial charge in [-0.1, -0.05) is 42.5 Å². The molecule has 4 heteroatoms. The SMILES string of the molecule is O=C(Nc1ccccc1F)O[C@H]1CCC12CCC(c1ccccc1)CC2. The number of benzene rings is 2. The van der Waals surface area contributed by atoms with E-state index < -0.39 is 11.9 Å². The van der Waals surface area contributed by atoms with E-state index in [1.54, 1.807) is 12.1 Å². The second-order valence-electron chi connectivity index (χ2n) is 7.58. The fourth-order valence-corrected chi connectivity index (χ4v) is 4.51. The molecule has 26 heavy (non-hydrogen) atoms. The van der Waals surface area contributed by atoms with Gasteiger partial charge in [0.1, 0.15) is 11.9 Å². The summed E-state index contributed by atoms with van der Waals surface area (Å²) in [5, 5.41) is 2.53. The third-order valence-corrected chi connectivity index (χ3v) is 6.20. The van der Waals surface area contributed by atoms with Gasteiger partial charge < -0.3 is 4.74 Å². The summed E-state index contributed by atoms with van der Waals surface area (Å²) in [5.74, 6) is 0.159. The van der Waals surface area contributed by atoms with Gasteiger partial charge >= 0.3 is 6.09 Å². The van der Waals surface area contributed by atoms with E-state index in [0.717, 1.165) is 38.5 Å². The first-order chi connectivity index (χ1) is 12.7. The van der Waals surface area contributed by atoms with Gasteiger partial charge in [-0.05, 0) is 62.1 Å². The Hall–Kier alpha value is -2.36. The summed E-state index contributed by atoms with van der Waals surface area (Å²) in [6, 6.07) is 16.8. The van der Waals surface area contributed by atoms with E-state index in [4.69, 9.17) is 4.74 Å². The molecule has 2 aliphatic rings. The summed E-state index contributed by atoms with van der Waals surface area (Å²) in [7, 11) is 0. The average molecular weight is 353 g/mol. The van der Waals surface area contributed by atoms with Crippen molar-refractivity contribution in [3.05, 3.63) is 66.0 Å². The smallest absolute Gasteiger partial charge is 0.412 e. The molecule has 1 amide bonds. The summed E-state index contributed by atoms with van der Waals surface area (Å²) in [6.45, 7) is 0. The van der Waals surface area contributed by atoms with Gasteiger partial charge in [-0.15, -0.1) is 0 Å². The van der Waals surface area contributed by atoms with E-state index in [2.05, 4.69) is 35.6 Å². The fraction of sp³-hybridized carbons (Fsp3) is 0.409. The molecule has 0 heterocycles. The van der Waals surface area contributed by atoms with E-state index in [1.807, 2.05) is 0 Å². The Balaban J connectivity index is 1.33. The molecule has 3 nitrogen and oxygen atoms in total. The van der Waals surface area contributed by atoms with Crippen LogP contribution in [0, 0.1) is 11.2 Å². The maximum atomic E-state index is 13.7. The molecule has 2 aromatic carbocycles. The molecule has 2 saturated carbocycles. The van der Waals surface area contributed by atoms with Crippen molar-refractivity contribution in [3.8, 4) is 0 Å². The first-order valence-electron chi connectivity index (χ1n) is 9.43. The predicted molar refractivity (Wildman–Crippen MR) is 99.6 cm³/mol. The molecular weight excluding hydrogens is 329 g/mol. The van der Waals surface area contributed by atoms with Crippen LogP contribution in [0.25, 0.3) is 0 Å². The number of amides is 1. The van der Waals surface area contributed by atoms with Crippen LogP contribution < -0.4 is 5.32 Å². The molecule has 136 valence electrons. The number of nitrogens with one attached hydrogen (secondary N) is 1. The van der Waals surface area contributed by atoms with Crippen LogP contribution in [-0.4, -0.2) is 12.2 Å². The van der Waals surface area contributed by atoms with Crippen molar-refractivity contribution in [2.24, 2.45) is 5.41 Å². The normalized spacial score (nSPS) is 27.6. The Kier molecular flexibility index (Phi) is 4.66. The Morgan fingerprint density at radius 1 is 0.962 bits per heavy atom. The standard InChI is InChI=1S/C22H24FNO2/c23-18-8-4-5-9-19(18)24-21(25)26-20-12-15-22(20)13-10-17(11-14-22)16-6-2-1-3-7-16/h1-9,17,20H,10-15H2,(H,24,25)/t17?,20-,22?/m0/s1. The number of hydrogen-bond donors (Lipinski definition) is 1. The number of ether oxygens (including phenoxy) is 1. The Morgan fingerprint density at radius 3 is 2.27 bits per heavy atom. The molecule has 0 saturated heterocycles. The zero-order valence-corrected chi connectivity index (χ0v) is 14.8. The molecule has 2 aromatic rings. The molecular formula is C22H24FNO2. The number of anilines is 1. The summed E-state index contributed by atoms with van der Waals surface area (Å²) in [4.78, 5) is 12.2. The van der Waals surface area contributed by atoms with Gasteiger partial charge in [-0.3, -0.25) is 5.32 Å². The van der Waals surface area contributed by atoms with Crippen LogP contribution >= 0.6 is 0 Å². The summed E-state index contributed by atoms with van der Waals surface area (Å²) < 4.78 is 19.3. The van der Waals surface area contributed by atoms with Gasteiger partial charge in [0.05, 0.1) is 5.69 Å². The van der Waals surface area contributed by atoms with Crippen LogP contribution in [0.1, 0.15) is 50.0 Å². The minimum absolute atomic E-state index is 0.0500. The molecule has 0 aliphatic heterocycles. The first kappa shape index (κ1) is 17.1. The number of carbonyl (C=O) groups is 1. The maximum Gasteiger partial charge on any atom is 0.412 e. The minimum Gasteiger partial charge on any atom is -0.445 e. The Labute approximate surface area is 153 Å². The van der Waals surface area contributed by atoms with Crippen LogP contribution in [-0.2, 0) is 4.74 Å². The fourth-order valence-electron chi connectivity index (χ4n) is 4.51. The van der Waals surface area contributed by atoms with Crippen molar-refractivity contribution in [1.29, 1.82) is 0 Å². The van der Waals surface area contributed by atoms with Crippen LogP contribution in [0.2, 0.25) is 0 Å². The number of para-hydroxylation sites is 1. The molecule has 1 N–H and O–H groups in total. The maximum absolute atomic E-state index is 13.7. The Bertz CT molecular complexity index is 769. The van der Waals surface area contributed by atoms with Crippen LogP contribution in [0.4, 0.5) is 14.9 Å². The van der Waals surface area contributed by atoms with Gasteiger partial charge in [0.25, 0.3) is 0 Å². The predicted octanol–water partition coefficient (Wildman–Crippen LogP) is 5.88. The van der Waals surface area contributed by atoms with Crippen LogP contribution in [0.3, 0.4) is 0 Å². The van der Waals surface area contributed by atoms with Crippen molar-refractivity contribution in [2.75, 3.05) is 5.32 Å². The van der Waals surface area contributed by atoms with E-state index in [0.29, 0.717) is 5.92 Å². The largest absolute Gasteiger partial charge is 0.445 e. The molecule has 0 bridgehead atoms. The van der Waals surface area contributed by atoms with E-state index in [1.165, 1.54) is 17.7 Å². The highest BCUT2D eigenvalue weighted by molar-refractivity contribution is 5.84. The third kappa shape index (κ3) is 3.33. The van der Waals surface area contributed by atoms with Crippen LogP contribution in [0.15, 0.2) is 54.6 Å². The number of rotatable bonds is 3. The zero-order valence-electron chi connectivity index (χ0n) is 14.8. The van der Waals surface area contributed by atoms with E-state index in [-0.39, 0.29) is 17.2 Å². The number of hydrogen-bond acceptors (Lipinski definition) is 2. The average Bonchev–Trinajstić information content (AvgIpc) is 2.68. The second-order valence-corrected chi connectivity index (χ2v) is 7.58. The summed E-state index contributed by atoms with van der Waals surface area (Å²) in [5.41, 5.74) is 1.70. The monoisotopic (exact) mass is 353 g/mol. The van der Waals surface area contributed by atoms with Crippen molar-refractivity contribution < 1.29 is 13.9 Å². The molecule has 4 rings (SSSR count). The minimum atomic E-state index is -0.552. The molecule has 2 fully saturated rings. The highest BCUT2D eigenvalue weighted by atomic mass is 19.1. The topological polar surface area (TPSA) is 38.3 Å². The first-order valence-corrected chi connectivity index (χ1v) is 9.43. The molecule has 0 radical (unpaired) electrons. The number of halogens is 1. The van der Waals surface area contributed by atoms with Gasteiger partial charge in [0, 0.05) is 5.41 Å². The van der Waals surface area contributed by atoms with Crippen LogP contribution in [0.5, 0.6) is 0 Å². The van der Waals surface area contributed by atoms with Gasteiger partial charge in [-0.25, -0.2) is 9.18 Å².